The number of hydrogen-bond donors (Lipinski definition) is 2. The van der Waals surface area contributed by atoms with E-state index in [1.807, 2.05) is 0 Å². The minimum Gasteiger partial charge on any atom is -0.374 e. The maximum atomic E-state index is 5.46. The molecule has 0 saturated heterocycles. The third-order valence-corrected chi connectivity index (χ3v) is 5.30. The Kier molecular flexibility index (Phi) is 9.26. The Morgan fingerprint density at radius 2 is 2.03 bits per heavy atom. The largest absolute Gasteiger partial charge is 0.374 e. The number of aromatic nitrogens is 1. The summed E-state index contributed by atoms with van der Waals surface area (Å²) in [6, 6.07) is 6.73. The normalized spacial score (nSPS) is 13.7. The number of benzene rings is 1. The van der Waals surface area contributed by atoms with E-state index in [0.29, 0.717) is 13.1 Å². The summed E-state index contributed by atoms with van der Waals surface area (Å²) in [5, 5.41) is 11.0. The molecule has 0 fully saturated rings. The monoisotopic (exact) mass is 511 g/mol. The highest BCUT2D eigenvalue weighted by Crippen LogP contribution is 2.27. The van der Waals surface area contributed by atoms with Crippen LogP contribution in [0.25, 0.3) is 0 Å². The standard InChI is InChI=1S/C22H33N5O.HI/c1-5-19-18(21(6-2)28-26-19)15-25-22(23-7-3)24-14-16-10-11-20-17(13-16)9-8-12-27(20)4;/h10-11,13H,5-9,12,14-15H2,1-4H3,(H2,23,24,25);1H. The molecule has 1 aliphatic rings. The zero-order chi connectivity index (χ0) is 19.9. The number of aliphatic imine (C=N–C) groups is 1. The highest BCUT2D eigenvalue weighted by atomic mass is 127. The van der Waals surface area contributed by atoms with Gasteiger partial charge in [-0.3, -0.25) is 0 Å². The van der Waals surface area contributed by atoms with Crippen molar-refractivity contribution >= 4 is 35.6 Å². The van der Waals surface area contributed by atoms with Crippen LogP contribution in [0.1, 0.15) is 55.3 Å². The van der Waals surface area contributed by atoms with Crippen molar-refractivity contribution in [3.63, 3.8) is 0 Å². The Bertz CT molecular complexity index is 796. The third kappa shape index (κ3) is 5.87. The van der Waals surface area contributed by atoms with Crippen molar-refractivity contribution in [1.82, 2.24) is 15.8 Å². The van der Waals surface area contributed by atoms with Crippen LogP contribution >= 0.6 is 24.0 Å². The van der Waals surface area contributed by atoms with Gasteiger partial charge < -0.3 is 20.1 Å². The molecule has 3 rings (SSSR count). The summed E-state index contributed by atoms with van der Waals surface area (Å²) in [5.41, 5.74) is 6.23. The summed E-state index contributed by atoms with van der Waals surface area (Å²) in [6.45, 7) is 9.59. The molecule has 0 aliphatic carbocycles. The fourth-order valence-electron chi connectivity index (χ4n) is 3.76. The molecule has 160 valence electrons. The summed E-state index contributed by atoms with van der Waals surface area (Å²) in [6.07, 6.45) is 4.10. The molecule has 0 amide bonds. The minimum atomic E-state index is 0. The maximum absolute atomic E-state index is 5.46. The van der Waals surface area contributed by atoms with Gasteiger partial charge in [0.2, 0.25) is 0 Å². The molecule has 0 atom stereocenters. The van der Waals surface area contributed by atoms with Gasteiger partial charge in [-0.25, -0.2) is 4.99 Å². The fraction of sp³-hybridized carbons (Fsp3) is 0.545. The van der Waals surface area contributed by atoms with E-state index in [1.165, 1.54) is 23.2 Å². The number of aryl methyl sites for hydroxylation is 3. The van der Waals surface area contributed by atoms with Gasteiger partial charge in [-0.15, -0.1) is 24.0 Å². The Morgan fingerprint density at radius 1 is 1.21 bits per heavy atom. The van der Waals surface area contributed by atoms with E-state index in [-0.39, 0.29) is 24.0 Å². The third-order valence-electron chi connectivity index (χ3n) is 5.30. The highest BCUT2D eigenvalue weighted by molar-refractivity contribution is 14.0. The van der Waals surface area contributed by atoms with Gasteiger partial charge in [-0.1, -0.05) is 31.1 Å². The van der Waals surface area contributed by atoms with Gasteiger partial charge >= 0.3 is 0 Å². The molecule has 1 aliphatic heterocycles. The Hall–Kier alpha value is -1.77. The lowest BCUT2D eigenvalue weighted by atomic mass is 10.00. The van der Waals surface area contributed by atoms with Crippen LogP contribution in [0.15, 0.2) is 27.7 Å². The van der Waals surface area contributed by atoms with Gasteiger partial charge in [0.15, 0.2) is 5.96 Å². The minimum absolute atomic E-state index is 0. The molecule has 0 bridgehead atoms. The van der Waals surface area contributed by atoms with E-state index in [0.717, 1.165) is 55.3 Å². The maximum Gasteiger partial charge on any atom is 0.191 e. The van der Waals surface area contributed by atoms with Crippen molar-refractivity contribution in [2.45, 2.75) is 59.5 Å². The van der Waals surface area contributed by atoms with Crippen molar-refractivity contribution in [1.29, 1.82) is 0 Å². The molecule has 2 N–H and O–H groups in total. The highest BCUT2D eigenvalue weighted by Gasteiger charge is 2.15. The summed E-state index contributed by atoms with van der Waals surface area (Å²) < 4.78 is 5.46. The molecular formula is C22H34IN5O. The average molecular weight is 511 g/mol. The van der Waals surface area contributed by atoms with E-state index in [2.05, 4.69) is 66.7 Å². The predicted molar refractivity (Wildman–Crippen MR) is 130 cm³/mol. The number of nitrogens with one attached hydrogen (secondary N) is 2. The topological polar surface area (TPSA) is 65.7 Å². The summed E-state index contributed by atoms with van der Waals surface area (Å²) in [5.74, 6) is 1.78. The van der Waals surface area contributed by atoms with Crippen LogP contribution in [0.5, 0.6) is 0 Å². The number of guanidine groups is 1. The first-order valence-electron chi connectivity index (χ1n) is 10.5. The first-order valence-corrected chi connectivity index (χ1v) is 10.5. The Labute approximate surface area is 191 Å². The lowest BCUT2D eigenvalue weighted by Crippen LogP contribution is -2.37. The second kappa shape index (κ2) is 11.4. The van der Waals surface area contributed by atoms with Crippen molar-refractivity contribution in [3.8, 4) is 0 Å². The Morgan fingerprint density at radius 3 is 2.76 bits per heavy atom. The quantitative estimate of drug-likeness (QED) is 0.334. The zero-order valence-electron chi connectivity index (χ0n) is 18.0. The number of halogens is 1. The first-order chi connectivity index (χ1) is 13.7. The van der Waals surface area contributed by atoms with Crippen molar-refractivity contribution in [2.75, 3.05) is 25.0 Å². The van der Waals surface area contributed by atoms with E-state index in [9.17, 15) is 0 Å². The van der Waals surface area contributed by atoms with Crippen LogP contribution in [0.3, 0.4) is 0 Å². The molecular weight excluding hydrogens is 477 g/mol. The average Bonchev–Trinajstić information content (AvgIpc) is 3.12. The van der Waals surface area contributed by atoms with Gasteiger partial charge in [-0.05, 0) is 43.4 Å². The molecule has 29 heavy (non-hydrogen) atoms. The predicted octanol–water partition coefficient (Wildman–Crippen LogP) is 4.06. The number of anilines is 1. The second-order valence-corrected chi connectivity index (χ2v) is 7.27. The van der Waals surface area contributed by atoms with E-state index < -0.39 is 0 Å². The lowest BCUT2D eigenvalue weighted by Gasteiger charge is -2.27. The molecule has 6 nitrogen and oxygen atoms in total. The van der Waals surface area contributed by atoms with Gasteiger partial charge in [0.1, 0.15) is 5.76 Å². The summed E-state index contributed by atoms with van der Waals surface area (Å²) in [4.78, 5) is 7.13. The number of hydrogen-bond acceptors (Lipinski definition) is 4. The number of nitrogens with zero attached hydrogens (tertiary/aromatic N) is 3. The van der Waals surface area contributed by atoms with E-state index in [1.54, 1.807) is 0 Å². The van der Waals surface area contributed by atoms with Crippen molar-refractivity contribution in [3.05, 3.63) is 46.3 Å². The van der Waals surface area contributed by atoms with Gasteiger partial charge in [0.05, 0.1) is 12.2 Å². The van der Waals surface area contributed by atoms with Crippen LogP contribution in [-0.4, -0.2) is 31.3 Å². The molecule has 1 aromatic carbocycles. The molecule has 7 heteroatoms. The van der Waals surface area contributed by atoms with Gasteiger partial charge in [0.25, 0.3) is 0 Å². The molecule has 0 unspecified atom stereocenters. The van der Waals surface area contributed by atoms with Crippen LogP contribution in [-0.2, 0) is 32.4 Å². The lowest BCUT2D eigenvalue weighted by molar-refractivity contribution is 0.380. The molecule has 0 spiro atoms. The summed E-state index contributed by atoms with van der Waals surface area (Å²) >= 11 is 0. The van der Waals surface area contributed by atoms with Crippen LogP contribution in [0.2, 0.25) is 0 Å². The summed E-state index contributed by atoms with van der Waals surface area (Å²) in [7, 11) is 2.17. The molecule has 2 heterocycles. The van der Waals surface area contributed by atoms with Crippen LogP contribution in [0.4, 0.5) is 5.69 Å². The van der Waals surface area contributed by atoms with Crippen molar-refractivity contribution < 1.29 is 4.52 Å². The van der Waals surface area contributed by atoms with E-state index in [4.69, 9.17) is 9.52 Å². The van der Waals surface area contributed by atoms with Gasteiger partial charge in [-0.2, -0.15) is 0 Å². The molecule has 2 aromatic rings. The Balaban J connectivity index is 0.00000300. The smallest absolute Gasteiger partial charge is 0.191 e. The zero-order valence-corrected chi connectivity index (χ0v) is 20.4. The first kappa shape index (κ1) is 23.5. The fourth-order valence-corrected chi connectivity index (χ4v) is 3.76. The number of rotatable bonds is 7. The van der Waals surface area contributed by atoms with Crippen LogP contribution in [0, 0.1) is 0 Å². The SMILES string of the molecule is CCNC(=NCc1ccc2c(c1)CCCN2C)NCc1c(CC)noc1CC.I. The second-order valence-electron chi connectivity index (χ2n) is 7.27. The van der Waals surface area contributed by atoms with Gasteiger partial charge in [0, 0.05) is 44.4 Å². The van der Waals surface area contributed by atoms with Crippen LogP contribution < -0.4 is 15.5 Å². The van der Waals surface area contributed by atoms with E-state index >= 15 is 0 Å². The van der Waals surface area contributed by atoms with Crippen molar-refractivity contribution in [2.24, 2.45) is 4.99 Å². The number of fused-ring (bicyclic) bond motifs is 1. The molecule has 0 saturated carbocycles. The molecule has 1 aromatic heterocycles. The molecule has 0 radical (unpaired) electrons.